The minimum absolute atomic E-state index is 0.180. The molecule has 1 atom stereocenters. The monoisotopic (exact) mass is 260 g/mol. The molecule has 1 saturated carbocycles. The molecule has 3 rings (SSSR count). The van der Waals surface area contributed by atoms with E-state index >= 15 is 0 Å². The smallest absolute Gasteiger partial charge is 0.322 e. The van der Waals surface area contributed by atoms with Crippen LogP contribution in [0.5, 0.6) is 0 Å². The molecule has 1 aliphatic carbocycles. The third kappa shape index (κ3) is 2.05. The number of nitrogens with one attached hydrogen (secondary N) is 1. The van der Waals surface area contributed by atoms with E-state index in [2.05, 4.69) is 5.32 Å². The van der Waals surface area contributed by atoms with Crippen LogP contribution in [0.15, 0.2) is 24.3 Å². The normalized spacial score (nSPS) is 21.7. The number of hydrogen-bond acceptors (Lipinski definition) is 2. The van der Waals surface area contributed by atoms with Crippen molar-refractivity contribution >= 4 is 17.7 Å². The molecule has 1 aromatic rings. The molecule has 5 heteroatoms. The molecule has 1 aromatic carbocycles. The third-order valence-electron chi connectivity index (χ3n) is 3.94. The van der Waals surface area contributed by atoms with Crippen molar-refractivity contribution in [1.29, 1.82) is 0 Å². The summed E-state index contributed by atoms with van der Waals surface area (Å²) < 4.78 is 0. The molecule has 1 heterocycles. The van der Waals surface area contributed by atoms with Crippen LogP contribution in [0.3, 0.4) is 0 Å². The van der Waals surface area contributed by atoms with Gasteiger partial charge in [0.1, 0.15) is 5.92 Å². The lowest BCUT2D eigenvalue weighted by atomic mass is 9.93. The fourth-order valence-corrected chi connectivity index (χ4v) is 2.62. The Labute approximate surface area is 111 Å². The summed E-state index contributed by atoms with van der Waals surface area (Å²) in [5.41, 5.74) is 1.44. The van der Waals surface area contributed by atoms with E-state index in [1.54, 1.807) is 17.0 Å². The Morgan fingerprint density at radius 1 is 1.26 bits per heavy atom. The third-order valence-corrected chi connectivity index (χ3v) is 3.94. The largest absolute Gasteiger partial charge is 0.481 e. The summed E-state index contributed by atoms with van der Waals surface area (Å²) in [4.78, 5) is 25.0. The van der Waals surface area contributed by atoms with Gasteiger partial charge in [-0.15, -0.1) is 0 Å². The van der Waals surface area contributed by atoms with Gasteiger partial charge in [-0.2, -0.15) is 0 Å². The second kappa shape index (κ2) is 4.57. The van der Waals surface area contributed by atoms with E-state index in [4.69, 9.17) is 0 Å². The highest BCUT2D eigenvalue weighted by Gasteiger charge is 2.37. The number of hydrogen-bond donors (Lipinski definition) is 2. The number of amides is 2. The average molecular weight is 260 g/mol. The number of anilines is 1. The summed E-state index contributed by atoms with van der Waals surface area (Å²) in [5.74, 6) is -1.50. The Hall–Kier alpha value is -2.04. The maximum atomic E-state index is 12.2. The van der Waals surface area contributed by atoms with Gasteiger partial charge in [0.25, 0.3) is 0 Å². The number of carbonyl (C=O) groups is 2. The van der Waals surface area contributed by atoms with Crippen molar-refractivity contribution in [3.63, 3.8) is 0 Å². The fraction of sp³-hybridized carbons (Fsp3) is 0.429. The number of para-hydroxylation sites is 1. The lowest BCUT2D eigenvalue weighted by molar-refractivity contribution is -0.138. The molecule has 2 N–H and O–H groups in total. The fourth-order valence-electron chi connectivity index (χ4n) is 2.62. The van der Waals surface area contributed by atoms with Gasteiger partial charge in [-0.1, -0.05) is 18.2 Å². The van der Waals surface area contributed by atoms with Crippen molar-refractivity contribution in [2.45, 2.75) is 31.2 Å². The van der Waals surface area contributed by atoms with Gasteiger partial charge in [0, 0.05) is 18.3 Å². The number of benzene rings is 1. The van der Waals surface area contributed by atoms with E-state index in [0.29, 0.717) is 5.69 Å². The Morgan fingerprint density at radius 3 is 2.63 bits per heavy atom. The molecule has 1 fully saturated rings. The van der Waals surface area contributed by atoms with Gasteiger partial charge >= 0.3 is 12.0 Å². The summed E-state index contributed by atoms with van der Waals surface area (Å²) in [5, 5.41) is 12.2. The van der Waals surface area contributed by atoms with E-state index in [9.17, 15) is 14.7 Å². The number of urea groups is 1. The first-order valence-electron chi connectivity index (χ1n) is 6.56. The molecule has 1 aliphatic heterocycles. The quantitative estimate of drug-likeness (QED) is 0.853. The number of carbonyl (C=O) groups excluding carboxylic acids is 1. The number of aliphatic carboxylic acids is 1. The minimum Gasteiger partial charge on any atom is -0.481 e. The molecular formula is C14H16N2O3. The lowest BCUT2D eigenvalue weighted by Gasteiger charge is -2.29. The molecule has 0 radical (unpaired) electrons. The van der Waals surface area contributed by atoms with Crippen LogP contribution in [0.1, 0.15) is 30.7 Å². The van der Waals surface area contributed by atoms with Crippen LogP contribution >= 0.6 is 0 Å². The van der Waals surface area contributed by atoms with Gasteiger partial charge in [-0.25, -0.2) is 4.79 Å². The summed E-state index contributed by atoms with van der Waals surface area (Å²) in [7, 11) is 0. The number of carboxylic acids is 1. The van der Waals surface area contributed by atoms with Crippen molar-refractivity contribution < 1.29 is 14.7 Å². The van der Waals surface area contributed by atoms with E-state index in [0.717, 1.165) is 24.8 Å². The van der Waals surface area contributed by atoms with E-state index in [1.807, 2.05) is 12.1 Å². The first-order valence-corrected chi connectivity index (χ1v) is 6.56. The second-order valence-corrected chi connectivity index (χ2v) is 5.14. The van der Waals surface area contributed by atoms with Crippen molar-refractivity contribution in [3.05, 3.63) is 29.8 Å². The number of rotatable bonds is 2. The number of carboxylic acid groups (broad SMARTS) is 1. The molecular weight excluding hydrogens is 244 g/mol. The van der Waals surface area contributed by atoms with Crippen LogP contribution in [0.25, 0.3) is 0 Å². The number of fused-ring (bicyclic) bond motifs is 1. The van der Waals surface area contributed by atoms with Crippen LogP contribution in [0.2, 0.25) is 0 Å². The molecule has 0 bridgehead atoms. The molecule has 1 unspecified atom stereocenters. The van der Waals surface area contributed by atoms with Crippen LogP contribution in [-0.4, -0.2) is 29.7 Å². The first-order chi connectivity index (χ1) is 9.16. The molecule has 5 nitrogen and oxygen atoms in total. The predicted molar refractivity (Wildman–Crippen MR) is 70.3 cm³/mol. The molecule has 2 aliphatic rings. The zero-order valence-electron chi connectivity index (χ0n) is 10.5. The Balaban J connectivity index is 1.83. The van der Waals surface area contributed by atoms with Gasteiger partial charge in [0.05, 0.1) is 0 Å². The van der Waals surface area contributed by atoms with Crippen LogP contribution in [-0.2, 0) is 4.79 Å². The lowest BCUT2D eigenvalue weighted by Crippen LogP contribution is -2.47. The average Bonchev–Trinajstić information content (AvgIpc) is 2.73. The molecule has 0 aromatic heterocycles. The van der Waals surface area contributed by atoms with Crippen molar-refractivity contribution in [2.75, 3.05) is 11.4 Å². The Morgan fingerprint density at radius 2 is 2.00 bits per heavy atom. The molecule has 100 valence electrons. The van der Waals surface area contributed by atoms with Crippen LogP contribution < -0.4 is 10.2 Å². The van der Waals surface area contributed by atoms with E-state index in [1.165, 1.54) is 0 Å². The standard InChI is InChI=1S/C14H16N2O3/c17-13(18)11-8-16(12-7-2-1-6-10(11)12)14(19)15-9-4-3-5-9/h1-2,6-7,9,11H,3-5,8H2,(H,15,19)(H,17,18). The van der Waals surface area contributed by atoms with Crippen molar-refractivity contribution in [3.8, 4) is 0 Å². The summed E-state index contributed by atoms with van der Waals surface area (Å²) >= 11 is 0. The van der Waals surface area contributed by atoms with Gasteiger partial charge in [0.2, 0.25) is 0 Å². The van der Waals surface area contributed by atoms with E-state index < -0.39 is 11.9 Å². The molecule has 19 heavy (non-hydrogen) atoms. The highest BCUT2D eigenvalue weighted by Crippen LogP contribution is 2.36. The molecule has 2 amide bonds. The SMILES string of the molecule is O=C(O)C1CN(C(=O)NC2CCC2)c2ccccc21. The maximum absolute atomic E-state index is 12.2. The first kappa shape index (κ1) is 12.0. The topological polar surface area (TPSA) is 69.6 Å². The van der Waals surface area contributed by atoms with Crippen LogP contribution in [0.4, 0.5) is 10.5 Å². The Kier molecular flexibility index (Phi) is 2.89. The summed E-state index contributed by atoms with van der Waals surface area (Å²) in [6, 6.07) is 7.29. The van der Waals surface area contributed by atoms with Crippen molar-refractivity contribution in [1.82, 2.24) is 5.32 Å². The molecule has 0 saturated heterocycles. The van der Waals surface area contributed by atoms with Gasteiger partial charge < -0.3 is 10.4 Å². The van der Waals surface area contributed by atoms with Gasteiger partial charge in [-0.05, 0) is 30.9 Å². The predicted octanol–water partition coefficient (Wildman–Crippen LogP) is 1.94. The maximum Gasteiger partial charge on any atom is 0.322 e. The summed E-state index contributed by atoms with van der Waals surface area (Å²) in [6.07, 6.45) is 3.19. The van der Waals surface area contributed by atoms with Crippen LogP contribution in [0, 0.1) is 0 Å². The van der Waals surface area contributed by atoms with Gasteiger partial charge in [-0.3, -0.25) is 9.69 Å². The molecule has 0 spiro atoms. The Bertz CT molecular complexity index is 525. The minimum atomic E-state index is -0.883. The van der Waals surface area contributed by atoms with Crippen molar-refractivity contribution in [2.24, 2.45) is 0 Å². The van der Waals surface area contributed by atoms with E-state index in [-0.39, 0.29) is 18.6 Å². The highest BCUT2D eigenvalue weighted by molar-refractivity contribution is 5.98. The second-order valence-electron chi connectivity index (χ2n) is 5.14. The highest BCUT2D eigenvalue weighted by atomic mass is 16.4. The van der Waals surface area contributed by atoms with Gasteiger partial charge in [0.15, 0.2) is 0 Å². The zero-order valence-corrected chi connectivity index (χ0v) is 10.5. The number of nitrogens with zero attached hydrogens (tertiary/aromatic N) is 1. The summed E-state index contributed by atoms with van der Waals surface area (Å²) in [6.45, 7) is 0.216. The zero-order chi connectivity index (χ0) is 13.4.